The molecule has 0 spiro atoms. The van der Waals surface area contributed by atoms with Crippen LogP contribution in [0.25, 0.3) is 10.9 Å². The summed E-state index contributed by atoms with van der Waals surface area (Å²) in [7, 11) is 3.22. The molecule has 1 amide bonds. The van der Waals surface area contributed by atoms with E-state index in [1.165, 1.54) is 55.4 Å². The third-order valence-electron chi connectivity index (χ3n) is 8.85. The third-order valence-corrected chi connectivity index (χ3v) is 24.3. The first-order chi connectivity index (χ1) is 20.4. The van der Waals surface area contributed by atoms with E-state index in [0.29, 0.717) is 43.4 Å². The Hall–Kier alpha value is -2.75. The first-order valence-corrected chi connectivity index (χ1v) is 23.2. The van der Waals surface area contributed by atoms with Gasteiger partial charge in [-0.15, -0.1) is 0 Å². The summed E-state index contributed by atoms with van der Waals surface area (Å²) in [6.07, 6.45) is 11.5. The fraction of sp³-hybridized carbons (Fsp3) is 0.545. The Morgan fingerprint density at radius 3 is 2.02 bits per heavy atom. The first kappa shape index (κ1) is 32.2. The van der Waals surface area contributed by atoms with Gasteiger partial charge in [0, 0.05) is 0 Å². The molecule has 4 rings (SSSR count). The molecule has 0 radical (unpaired) electrons. The number of aromatic nitrogens is 2. The van der Waals surface area contributed by atoms with Crippen molar-refractivity contribution >= 4 is 50.3 Å². The quantitative estimate of drug-likeness (QED) is 0.201. The number of piperazine rings is 1. The van der Waals surface area contributed by atoms with E-state index < -0.39 is 18.4 Å². The predicted molar refractivity (Wildman–Crippen MR) is 176 cm³/mol. The Balaban J connectivity index is 1.51. The molecule has 42 heavy (non-hydrogen) atoms. The van der Waals surface area contributed by atoms with Crippen LogP contribution in [-0.2, 0) is 0 Å². The maximum absolute atomic E-state index is 13.8. The number of nitrogens with two attached hydrogens (primary N) is 1. The Morgan fingerprint density at radius 1 is 0.857 bits per heavy atom. The molecule has 2 aromatic heterocycles. The van der Waals surface area contributed by atoms with Gasteiger partial charge in [-0.3, -0.25) is 0 Å². The molecule has 0 aliphatic carbocycles. The van der Waals surface area contributed by atoms with Crippen molar-refractivity contribution in [2.24, 2.45) is 0 Å². The molecule has 1 saturated heterocycles. The molecule has 1 aliphatic heterocycles. The van der Waals surface area contributed by atoms with Crippen molar-refractivity contribution < 1.29 is 14.3 Å². The molecule has 1 aromatic carbocycles. The van der Waals surface area contributed by atoms with Crippen LogP contribution in [0.15, 0.2) is 36.7 Å². The third kappa shape index (κ3) is 7.23. The number of amides is 1. The molecule has 1 fully saturated rings. The fourth-order valence-corrected chi connectivity index (χ4v) is 22.0. The summed E-state index contributed by atoms with van der Waals surface area (Å²) in [4.78, 5) is 27.5. The minimum atomic E-state index is -2.67. The van der Waals surface area contributed by atoms with Crippen LogP contribution in [0.1, 0.15) is 69.7 Å². The van der Waals surface area contributed by atoms with E-state index in [0.717, 1.165) is 22.3 Å². The molecule has 3 aromatic rings. The van der Waals surface area contributed by atoms with Crippen LogP contribution in [0, 0.1) is 0 Å². The topological polar surface area (TPSA) is 93.8 Å². The number of hydrogen-bond acceptors (Lipinski definition) is 7. The SMILES string of the molecule is CCC[CH2][Sn]([CH2]CCC)([CH2]CCC)[c]1cncc(C(=O)N2CCN(c3cc(N)c4cc(OC)c(OC)cc4n3)CC2)c1. The van der Waals surface area contributed by atoms with Crippen LogP contribution in [0.4, 0.5) is 11.5 Å². The van der Waals surface area contributed by atoms with Crippen molar-refractivity contribution in [3.63, 3.8) is 0 Å². The Morgan fingerprint density at radius 2 is 1.45 bits per heavy atom. The van der Waals surface area contributed by atoms with Gasteiger partial charge in [0.25, 0.3) is 0 Å². The summed E-state index contributed by atoms with van der Waals surface area (Å²) in [6.45, 7) is 9.53. The fourth-order valence-electron chi connectivity index (χ4n) is 6.25. The Bertz CT molecular complexity index is 1320. The first-order valence-electron chi connectivity index (χ1n) is 15.7. The van der Waals surface area contributed by atoms with E-state index in [9.17, 15) is 4.79 Å². The van der Waals surface area contributed by atoms with Crippen LogP contribution in [0.2, 0.25) is 13.3 Å². The number of ether oxygens (including phenoxy) is 2. The zero-order chi connectivity index (χ0) is 30.1. The number of benzene rings is 1. The van der Waals surface area contributed by atoms with Crippen molar-refractivity contribution in [1.82, 2.24) is 14.9 Å². The van der Waals surface area contributed by atoms with Gasteiger partial charge >= 0.3 is 216 Å². The molecule has 228 valence electrons. The van der Waals surface area contributed by atoms with Gasteiger partial charge in [0.05, 0.1) is 14.2 Å². The number of nitrogens with zero attached hydrogens (tertiary/aromatic N) is 4. The van der Waals surface area contributed by atoms with E-state index in [1.807, 2.05) is 23.1 Å². The van der Waals surface area contributed by atoms with E-state index >= 15 is 0 Å². The van der Waals surface area contributed by atoms with E-state index in [-0.39, 0.29) is 5.91 Å². The molecule has 0 saturated carbocycles. The van der Waals surface area contributed by atoms with E-state index in [4.69, 9.17) is 20.2 Å². The van der Waals surface area contributed by atoms with Crippen molar-refractivity contribution in [2.75, 3.05) is 51.0 Å². The van der Waals surface area contributed by atoms with Gasteiger partial charge in [-0.1, -0.05) is 0 Å². The molecular formula is C33H49N5O3Sn. The number of fused-ring (bicyclic) bond motifs is 1. The molecule has 0 bridgehead atoms. The summed E-state index contributed by atoms with van der Waals surface area (Å²) < 4.78 is 16.5. The summed E-state index contributed by atoms with van der Waals surface area (Å²) >= 11 is -2.67. The van der Waals surface area contributed by atoms with Gasteiger partial charge in [0.1, 0.15) is 0 Å². The number of hydrogen-bond donors (Lipinski definition) is 1. The Kier molecular flexibility index (Phi) is 11.6. The zero-order valence-corrected chi connectivity index (χ0v) is 29.1. The second kappa shape index (κ2) is 15.1. The number of pyridine rings is 2. The number of rotatable bonds is 14. The summed E-state index contributed by atoms with van der Waals surface area (Å²) in [5.74, 6) is 2.14. The number of unbranched alkanes of at least 4 members (excludes halogenated alkanes) is 3. The van der Waals surface area contributed by atoms with Gasteiger partial charge in [-0.25, -0.2) is 0 Å². The van der Waals surface area contributed by atoms with Crippen LogP contribution in [0.5, 0.6) is 11.5 Å². The number of carbonyl (C=O) groups is 1. The van der Waals surface area contributed by atoms with Crippen molar-refractivity contribution in [3.05, 3.63) is 42.2 Å². The minimum absolute atomic E-state index is 0.0912. The zero-order valence-electron chi connectivity index (χ0n) is 26.2. The second-order valence-corrected chi connectivity index (χ2v) is 24.9. The van der Waals surface area contributed by atoms with Gasteiger partial charge < -0.3 is 9.47 Å². The number of anilines is 2. The van der Waals surface area contributed by atoms with Gasteiger partial charge in [0.2, 0.25) is 0 Å². The average molecular weight is 682 g/mol. The number of nitrogen functional groups attached to an aromatic ring is 1. The molecular weight excluding hydrogens is 633 g/mol. The number of methoxy groups -OCH3 is 2. The molecule has 2 N–H and O–H groups in total. The Labute approximate surface area is 255 Å². The molecule has 3 heterocycles. The van der Waals surface area contributed by atoms with Crippen molar-refractivity contribution in [3.8, 4) is 11.5 Å². The summed E-state index contributed by atoms with van der Waals surface area (Å²) in [6, 6.07) is 7.88. The van der Waals surface area contributed by atoms with Crippen molar-refractivity contribution in [1.29, 1.82) is 0 Å². The molecule has 1 aliphatic rings. The van der Waals surface area contributed by atoms with Gasteiger partial charge in [-0.05, 0) is 6.07 Å². The second-order valence-electron chi connectivity index (χ2n) is 11.6. The predicted octanol–water partition coefficient (Wildman–Crippen LogP) is 6.25. The summed E-state index contributed by atoms with van der Waals surface area (Å²) in [5, 5.41) is 0.829. The van der Waals surface area contributed by atoms with E-state index in [2.05, 4.69) is 42.9 Å². The van der Waals surface area contributed by atoms with Crippen LogP contribution in [-0.4, -0.2) is 79.6 Å². The van der Waals surface area contributed by atoms with Crippen molar-refractivity contribution in [2.45, 2.75) is 72.6 Å². The van der Waals surface area contributed by atoms with Crippen LogP contribution < -0.4 is 23.7 Å². The molecule has 9 heteroatoms. The molecule has 0 atom stereocenters. The molecule has 8 nitrogen and oxygen atoms in total. The van der Waals surface area contributed by atoms with Crippen LogP contribution in [0.3, 0.4) is 0 Å². The van der Waals surface area contributed by atoms with Crippen LogP contribution >= 0.6 is 0 Å². The van der Waals surface area contributed by atoms with Gasteiger partial charge in [0.15, 0.2) is 11.5 Å². The van der Waals surface area contributed by atoms with E-state index in [1.54, 1.807) is 20.4 Å². The number of carbonyl (C=O) groups excluding carboxylic acids is 1. The molecule has 0 unspecified atom stereocenters. The maximum atomic E-state index is 13.8. The summed E-state index contributed by atoms with van der Waals surface area (Å²) in [5.41, 5.74) is 8.59. The monoisotopic (exact) mass is 683 g/mol. The normalized spacial score (nSPS) is 13.9. The van der Waals surface area contributed by atoms with Gasteiger partial charge in [-0.2, -0.15) is 0 Å². The standard InChI is InChI=1S/C21H22N5O3.3C4H9.Sn/c1-28-18-10-15-16(22)11-20(24-17(15)12-19(18)29-2)25-6-8-26(9-7-25)21(27)14-4-3-5-23-13-14;3*1-3-4-2;/h4-5,10-13H,6-9H2,1-2H3,(H2,22,24);3*1,3-4H2,2H3;. The average Bonchev–Trinajstić information content (AvgIpc) is 3.03.